The molecule has 0 saturated heterocycles. The van der Waals surface area contributed by atoms with E-state index >= 15 is 0 Å². The zero-order valence-electron chi connectivity index (χ0n) is 14.1. The average molecular weight is 346 g/mol. The normalized spacial score (nSPS) is 10.3. The summed E-state index contributed by atoms with van der Waals surface area (Å²) in [7, 11) is 0. The SMILES string of the molecule is O=C(Cc1ccc([N+](=O)[O-])cc1)Nc1ccccc1Cc1ccccc1. The van der Waals surface area contributed by atoms with E-state index < -0.39 is 4.92 Å². The van der Waals surface area contributed by atoms with Crippen molar-refractivity contribution in [2.24, 2.45) is 0 Å². The van der Waals surface area contributed by atoms with Gasteiger partial charge in [0.1, 0.15) is 0 Å². The van der Waals surface area contributed by atoms with E-state index in [2.05, 4.69) is 17.4 Å². The number of nitrogens with zero attached hydrogens (tertiary/aromatic N) is 1. The third-order valence-corrected chi connectivity index (χ3v) is 4.04. The minimum absolute atomic E-state index is 0.0161. The Kier molecular flexibility index (Phi) is 5.39. The number of carbonyl (C=O) groups is 1. The third kappa shape index (κ3) is 4.54. The van der Waals surface area contributed by atoms with E-state index in [1.807, 2.05) is 42.5 Å². The fraction of sp³-hybridized carbons (Fsp3) is 0.0952. The zero-order valence-corrected chi connectivity index (χ0v) is 14.1. The molecule has 0 heterocycles. The van der Waals surface area contributed by atoms with Gasteiger partial charge in [0.15, 0.2) is 0 Å². The van der Waals surface area contributed by atoms with Gasteiger partial charge in [-0.15, -0.1) is 0 Å². The van der Waals surface area contributed by atoms with Crippen molar-refractivity contribution >= 4 is 17.3 Å². The minimum Gasteiger partial charge on any atom is -0.326 e. The van der Waals surface area contributed by atoms with Gasteiger partial charge in [0, 0.05) is 17.8 Å². The van der Waals surface area contributed by atoms with E-state index in [-0.39, 0.29) is 18.0 Å². The average Bonchev–Trinajstić information content (AvgIpc) is 2.64. The molecule has 0 saturated carbocycles. The molecule has 0 aliphatic carbocycles. The number of hydrogen-bond donors (Lipinski definition) is 1. The highest BCUT2D eigenvalue weighted by Gasteiger charge is 2.10. The molecule has 1 amide bonds. The number of benzene rings is 3. The molecule has 0 aromatic heterocycles. The highest BCUT2D eigenvalue weighted by Crippen LogP contribution is 2.20. The van der Waals surface area contributed by atoms with Crippen LogP contribution in [0.2, 0.25) is 0 Å². The molecular formula is C21H18N2O3. The lowest BCUT2D eigenvalue weighted by molar-refractivity contribution is -0.384. The van der Waals surface area contributed by atoms with Gasteiger partial charge in [0.05, 0.1) is 11.3 Å². The number of nitro groups is 1. The second-order valence-electron chi connectivity index (χ2n) is 5.97. The standard InChI is InChI=1S/C21H18N2O3/c24-21(15-17-10-12-19(13-11-17)23(25)26)22-20-9-5-4-8-18(20)14-16-6-2-1-3-7-16/h1-13H,14-15H2,(H,22,24). The highest BCUT2D eigenvalue weighted by atomic mass is 16.6. The molecule has 26 heavy (non-hydrogen) atoms. The maximum atomic E-state index is 12.4. The number of anilines is 1. The minimum atomic E-state index is -0.455. The van der Waals surface area contributed by atoms with Gasteiger partial charge in [0.25, 0.3) is 5.69 Å². The van der Waals surface area contributed by atoms with Gasteiger partial charge >= 0.3 is 0 Å². The van der Waals surface area contributed by atoms with Gasteiger partial charge in [-0.3, -0.25) is 14.9 Å². The Hall–Kier alpha value is -3.47. The van der Waals surface area contributed by atoms with E-state index in [0.717, 1.165) is 23.2 Å². The number of non-ortho nitro benzene ring substituents is 1. The molecule has 0 atom stereocenters. The van der Waals surface area contributed by atoms with Crippen molar-refractivity contribution in [3.8, 4) is 0 Å². The summed E-state index contributed by atoms with van der Waals surface area (Å²) in [5.41, 5.74) is 3.74. The first-order valence-electron chi connectivity index (χ1n) is 8.27. The smallest absolute Gasteiger partial charge is 0.269 e. The molecule has 5 nitrogen and oxygen atoms in total. The number of carbonyl (C=O) groups excluding carboxylic acids is 1. The van der Waals surface area contributed by atoms with Crippen molar-refractivity contribution in [2.45, 2.75) is 12.8 Å². The van der Waals surface area contributed by atoms with Crippen molar-refractivity contribution in [3.05, 3.63) is 106 Å². The van der Waals surface area contributed by atoms with Gasteiger partial charge in [-0.2, -0.15) is 0 Å². The summed E-state index contributed by atoms with van der Waals surface area (Å²) in [4.78, 5) is 22.6. The van der Waals surface area contributed by atoms with E-state index in [1.165, 1.54) is 17.7 Å². The van der Waals surface area contributed by atoms with Crippen LogP contribution < -0.4 is 5.32 Å². The molecule has 1 N–H and O–H groups in total. The van der Waals surface area contributed by atoms with E-state index in [9.17, 15) is 14.9 Å². The predicted molar refractivity (Wildman–Crippen MR) is 101 cm³/mol. The lowest BCUT2D eigenvalue weighted by atomic mass is 10.0. The van der Waals surface area contributed by atoms with Crippen LogP contribution in [0, 0.1) is 10.1 Å². The molecule has 5 heteroatoms. The molecule has 0 spiro atoms. The van der Waals surface area contributed by atoms with Crippen molar-refractivity contribution < 1.29 is 9.72 Å². The predicted octanol–water partition coefficient (Wildman–Crippen LogP) is 4.37. The summed E-state index contributed by atoms with van der Waals surface area (Å²) < 4.78 is 0. The van der Waals surface area contributed by atoms with Gasteiger partial charge in [0.2, 0.25) is 5.91 Å². The first-order chi connectivity index (χ1) is 12.6. The van der Waals surface area contributed by atoms with Crippen molar-refractivity contribution in [1.82, 2.24) is 0 Å². The number of nitrogens with one attached hydrogen (secondary N) is 1. The Balaban J connectivity index is 1.68. The number of hydrogen-bond acceptors (Lipinski definition) is 3. The quantitative estimate of drug-likeness (QED) is 0.532. The molecule has 3 rings (SSSR count). The fourth-order valence-electron chi connectivity index (χ4n) is 2.73. The second kappa shape index (κ2) is 8.07. The summed E-state index contributed by atoms with van der Waals surface area (Å²) in [6.07, 6.45) is 0.895. The van der Waals surface area contributed by atoms with Gasteiger partial charge in [-0.05, 0) is 29.2 Å². The van der Waals surface area contributed by atoms with Crippen LogP contribution >= 0.6 is 0 Å². The Labute approximate surface area is 151 Å². The molecule has 130 valence electrons. The monoisotopic (exact) mass is 346 g/mol. The van der Waals surface area contributed by atoms with E-state index in [4.69, 9.17) is 0 Å². The summed E-state index contributed by atoms with van der Waals surface area (Å²) in [5, 5.41) is 13.6. The third-order valence-electron chi connectivity index (χ3n) is 4.04. The summed E-state index contributed by atoms with van der Waals surface area (Å²) in [6, 6.07) is 23.8. The van der Waals surface area contributed by atoms with Gasteiger partial charge in [-0.1, -0.05) is 60.7 Å². The van der Waals surface area contributed by atoms with Crippen LogP contribution in [0.1, 0.15) is 16.7 Å². The van der Waals surface area contributed by atoms with Crippen LogP contribution in [0.4, 0.5) is 11.4 Å². The number of rotatable bonds is 6. The molecule has 3 aromatic carbocycles. The molecule has 0 unspecified atom stereocenters. The Morgan fingerprint density at radius 3 is 2.19 bits per heavy atom. The van der Waals surface area contributed by atoms with E-state index in [1.54, 1.807) is 12.1 Å². The maximum absolute atomic E-state index is 12.4. The highest BCUT2D eigenvalue weighted by molar-refractivity contribution is 5.93. The van der Waals surface area contributed by atoms with Crippen molar-refractivity contribution in [2.75, 3.05) is 5.32 Å². The summed E-state index contributed by atoms with van der Waals surface area (Å²) in [6.45, 7) is 0. The van der Waals surface area contributed by atoms with Crippen LogP contribution in [0.25, 0.3) is 0 Å². The lowest BCUT2D eigenvalue weighted by Crippen LogP contribution is -2.15. The summed E-state index contributed by atoms with van der Waals surface area (Å²) in [5.74, 6) is -0.153. The van der Waals surface area contributed by atoms with Gasteiger partial charge in [-0.25, -0.2) is 0 Å². The maximum Gasteiger partial charge on any atom is 0.269 e. The van der Waals surface area contributed by atoms with Crippen LogP contribution in [-0.4, -0.2) is 10.8 Å². The Morgan fingerprint density at radius 1 is 0.846 bits per heavy atom. The van der Waals surface area contributed by atoms with Crippen LogP contribution in [-0.2, 0) is 17.6 Å². The van der Waals surface area contributed by atoms with Crippen molar-refractivity contribution in [1.29, 1.82) is 0 Å². The molecule has 0 aliphatic heterocycles. The molecule has 0 fully saturated rings. The fourth-order valence-corrected chi connectivity index (χ4v) is 2.73. The zero-order chi connectivity index (χ0) is 18.4. The second-order valence-corrected chi connectivity index (χ2v) is 5.97. The first kappa shape index (κ1) is 17.4. The number of para-hydroxylation sites is 1. The molecule has 3 aromatic rings. The largest absolute Gasteiger partial charge is 0.326 e. The van der Waals surface area contributed by atoms with Crippen LogP contribution in [0.5, 0.6) is 0 Å². The van der Waals surface area contributed by atoms with Crippen LogP contribution in [0.3, 0.4) is 0 Å². The topological polar surface area (TPSA) is 72.2 Å². The molecule has 0 radical (unpaired) electrons. The lowest BCUT2D eigenvalue weighted by Gasteiger charge is -2.11. The van der Waals surface area contributed by atoms with Gasteiger partial charge < -0.3 is 5.32 Å². The van der Waals surface area contributed by atoms with Crippen molar-refractivity contribution in [3.63, 3.8) is 0 Å². The number of amides is 1. The summed E-state index contributed by atoms with van der Waals surface area (Å²) >= 11 is 0. The molecule has 0 bridgehead atoms. The van der Waals surface area contributed by atoms with Crippen LogP contribution in [0.15, 0.2) is 78.9 Å². The van der Waals surface area contributed by atoms with E-state index in [0.29, 0.717) is 0 Å². The Morgan fingerprint density at radius 2 is 1.50 bits per heavy atom. The molecule has 0 aliphatic rings. The Bertz CT molecular complexity index is 906. The first-order valence-corrected chi connectivity index (χ1v) is 8.27. The molecular weight excluding hydrogens is 328 g/mol. The number of nitro benzene ring substituents is 1.